The van der Waals surface area contributed by atoms with Gasteiger partial charge in [0.1, 0.15) is 0 Å². The molecule has 0 aromatic heterocycles. The number of aliphatic carboxylic acids is 1. The maximum atomic E-state index is 11.9. The van der Waals surface area contributed by atoms with Crippen molar-refractivity contribution in [2.24, 2.45) is 11.3 Å². The quantitative estimate of drug-likeness (QED) is 0.787. The van der Waals surface area contributed by atoms with Crippen molar-refractivity contribution in [2.45, 2.75) is 51.4 Å². The third-order valence-electron chi connectivity index (χ3n) is 4.34. The highest BCUT2D eigenvalue weighted by Gasteiger charge is 2.44. The van der Waals surface area contributed by atoms with Gasteiger partial charge in [0.05, 0.1) is 5.41 Å². The molecule has 0 saturated heterocycles. The van der Waals surface area contributed by atoms with Crippen LogP contribution >= 0.6 is 0 Å². The van der Waals surface area contributed by atoms with E-state index in [2.05, 4.69) is 5.32 Å². The van der Waals surface area contributed by atoms with E-state index >= 15 is 0 Å². The third kappa shape index (κ3) is 2.61. The summed E-state index contributed by atoms with van der Waals surface area (Å²) in [5.74, 6) is -0.570. The second kappa shape index (κ2) is 5.07. The first-order valence-corrected chi connectivity index (χ1v) is 6.65. The molecular weight excluding hydrogens is 218 g/mol. The van der Waals surface area contributed by atoms with Gasteiger partial charge in [-0.2, -0.15) is 0 Å². The monoisotopic (exact) mass is 239 g/mol. The van der Waals surface area contributed by atoms with Crippen LogP contribution < -0.4 is 5.32 Å². The van der Waals surface area contributed by atoms with E-state index in [9.17, 15) is 9.59 Å². The van der Waals surface area contributed by atoms with Crippen LogP contribution in [0.3, 0.4) is 0 Å². The molecule has 4 nitrogen and oxygen atoms in total. The van der Waals surface area contributed by atoms with Crippen molar-refractivity contribution in [1.82, 2.24) is 5.32 Å². The summed E-state index contributed by atoms with van der Waals surface area (Å²) in [5.41, 5.74) is -0.662. The van der Waals surface area contributed by atoms with Gasteiger partial charge in [0.25, 0.3) is 0 Å². The SMILES string of the molecule is O=C(NCC1(C(=O)O)CCC1)C1CCCCC1. The van der Waals surface area contributed by atoms with Crippen LogP contribution in [0.4, 0.5) is 0 Å². The fourth-order valence-corrected chi connectivity index (χ4v) is 2.84. The summed E-state index contributed by atoms with van der Waals surface area (Å²) in [6.45, 7) is 0.317. The van der Waals surface area contributed by atoms with Gasteiger partial charge in [-0.05, 0) is 25.7 Å². The summed E-state index contributed by atoms with van der Waals surface area (Å²) in [4.78, 5) is 23.0. The highest BCUT2D eigenvalue weighted by molar-refractivity contribution is 5.81. The molecule has 4 heteroatoms. The molecule has 0 radical (unpaired) electrons. The lowest BCUT2D eigenvalue weighted by Gasteiger charge is -2.38. The molecular formula is C13H21NO3. The minimum atomic E-state index is -0.757. The number of amides is 1. The number of hydrogen-bond donors (Lipinski definition) is 2. The molecule has 2 aliphatic carbocycles. The summed E-state index contributed by atoms with van der Waals surface area (Å²) < 4.78 is 0. The van der Waals surface area contributed by atoms with Crippen LogP contribution in [0, 0.1) is 11.3 Å². The van der Waals surface area contributed by atoms with Crippen LogP contribution in [-0.4, -0.2) is 23.5 Å². The lowest BCUT2D eigenvalue weighted by Crippen LogP contribution is -2.48. The van der Waals surface area contributed by atoms with Crippen LogP contribution in [0.5, 0.6) is 0 Å². The second-order valence-corrected chi connectivity index (χ2v) is 5.49. The molecule has 0 bridgehead atoms. The fraction of sp³-hybridized carbons (Fsp3) is 0.846. The number of rotatable bonds is 4. The molecule has 1 amide bonds. The van der Waals surface area contributed by atoms with Crippen molar-refractivity contribution in [2.75, 3.05) is 6.54 Å². The Hall–Kier alpha value is -1.06. The van der Waals surface area contributed by atoms with E-state index < -0.39 is 11.4 Å². The Morgan fingerprint density at radius 3 is 2.24 bits per heavy atom. The number of carbonyl (C=O) groups is 2. The lowest BCUT2D eigenvalue weighted by molar-refractivity contribution is -0.154. The Morgan fingerprint density at radius 1 is 1.12 bits per heavy atom. The zero-order chi connectivity index (χ0) is 12.3. The summed E-state index contributed by atoms with van der Waals surface area (Å²) in [6.07, 6.45) is 7.77. The van der Waals surface area contributed by atoms with Crippen LogP contribution in [0.25, 0.3) is 0 Å². The smallest absolute Gasteiger partial charge is 0.311 e. The number of carbonyl (C=O) groups excluding carboxylic acids is 1. The number of nitrogens with one attached hydrogen (secondary N) is 1. The van der Waals surface area contributed by atoms with Gasteiger partial charge < -0.3 is 10.4 Å². The van der Waals surface area contributed by atoms with Crippen molar-refractivity contribution < 1.29 is 14.7 Å². The highest BCUT2D eigenvalue weighted by atomic mass is 16.4. The first kappa shape index (κ1) is 12.4. The van der Waals surface area contributed by atoms with E-state index in [4.69, 9.17) is 5.11 Å². The van der Waals surface area contributed by atoms with Crippen LogP contribution in [-0.2, 0) is 9.59 Å². The second-order valence-electron chi connectivity index (χ2n) is 5.49. The van der Waals surface area contributed by atoms with Gasteiger partial charge in [-0.3, -0.25) is 9.59 Å². The summed E-state index contributed by atoms with van der Waals surface area (Å²) in [5, 5.41) is 12.0. The minimum Gasteiger partial charge on any atom is -0.481 e. The standard InChI is InChI=1S/C13H21NO3/c15-11(10-5-2-1-3-6-10)14-9-13(12(16)17)7-4-8-13/h10H,1-9H2,(H,14,15)(H,16,17). The van der Waals surface area contributed by atoms with Crippen molar-refractivity contribution in [3.8, 4) is 0 Å². The molecule has 2 aliphatic rings. The zero-order valence-electron chi connectivity index (χ0n) is 10.2. The van der Waals surface area contributed by atoms with Gasteiger partial charge in [0, 0.05) is 12.5 Å². The molecule has 2 rings (SSSR count). The minimum absolute atomic E-state index is 0.0669. The summed E-state index contributed by atoms with van der Waals surface area (Å²) >= 11 is 0. The molecule has 2 fully saturated rings. The lowest BCUT2D eigenvalue weighted by atomic mass is 9.68. The van der Waals surface area contributed by atoms with Gasteiger partial charge in [-0.1, -0.05) is 25.7 Å². The van der Waals surface area contributed by atoms with E-state index in [-0.39, 0.29) is 11.8 Å². The summed E-state index contributed by atoms with van der Waals surface area (Å²) in [7, 11) is 0. The summed E-state index contributed by atoms with van der Waals surface area (Å²) in [6, 6.07) is 0. The van der Waals surface area contributed by atoms with E-state index in [1.165, 1.54) is 6.42 Å². The molecule has 0 aliphatic heterocycles. The Bertz CT molecular complexity index is 304. The van der Waals surface area contributed by atoms with Gasteiger partial charge >= 0.3 is 5.97 Å². The predicted molar refractivity (Wildman–Crippen MR) is 63.5 cm³/mol. The maximum absolute atomic E-state index is 11.9. The predicted octanol–water partition coefficient (Wildman–Crippen LogP) is 1.94. The first-order chi connectivity index (χ1) is 8.14. The Kier molecular flexibility index (Phi) is 3.69. The van der Waals surface area contributed by atoms with Crippen LogP contribution in [0.1, 0.15) is 51.4 Å². The van der Waals surface area contributed by atoms with Gasteiger partial charge in [-0.25, -0.2) is 0 Å². The topological polar surface area (TPSA) is 66.4 Å². The molecule has 2 N–H and O–H groups in total. The van der Waals surface area contributed by atoms with Gasteiger partial charge in [0.15, 0.2) is 0 Å². The maximum Gasteiger partial charge on any atom is 0.311 e. The number of hydrogen-bond acceptors (Lipinski definition) is 2. The molecule has 2 saturated carbocycles. The Morgan fingerprint density at radius 2 is 1.76 bits per heavy atom. The molecule has 0 heterocycles. The molecule has 0 unspecified atom stereocenters. The first-order valence-electron chi connectivity index (χ1n) is 6.65. The van der Waals surface area contributed by atoms with E-state index in [0.29, 0.717) is 19.4 Å². The molecule has 0 spiro atoms. The van der Waals surface area contributed by atoms with E-state index in [0.717, 1.165) is 32.1 Å². The third-order valence-corrected chi connectivity index (χ3v) is 4.34. The van der Waals surface area contributed by atoms with Crippen molar-refractivity contribution in [3.63, 3.8) is 0 Å². The Labute approximate surface area is 102 Å². The molecule has 17 heavy (non-hydrogen) atoms. The molecule has 0 aromatic rings. The highest BCUT2D eigenvalue weighted by Crippen LogP contribution is 2.40. The zero-order valence-corrected chi connectivity index (χ0v) is 10.2. The normalized spacial score (nSPS) is 23.8. The van der Waals surface area contributed by atoms with Crippen LogP contribution in [0.2, 0.25) is 0 Å². The average molecular weight is 239 g/mol. The van der Waals surface area contributed by atoms with E-state index in [1.54, 1.807) is 0 Å². The molecule has 0 atom stereocenters. The number of carboxylic acids is 1. The fourth-order valence-electron chi connectivity index (χ4n) is 2.84. The molecule has 96 valence electrons. The van der Waals surface area contributed by atoms with Crippen LogP contribution in [0.15, 0.2) is 0 Å². The van der Waals surface area contributed by atoms with Crippen molar-refractivity contribution in [1.29, 1.82) is 0 Å². The van der Waals surface area contributed by atoms with E-state index in [1.807, 2.05) is 0 Å². The van der Waals surface area contributed by atoms with Gasteiger partial charge in [0.2, 0.25) is 5.91 Å². The molecule has 0 aromatic carbocycles. The number of carboxylic acid groups (broad SMARTS) is 1. The Balaban J connectivity index is 1.80. The largest absolute Gasteiger partial charge is 0.481 e. The average Bonchev–Trinajstić information content (AvgIpc) is 2.28. The van der Waals surface area contributed by atoms with Crippen molar-refractivity contribution in [3.05, 3.63) is 0 Å². The van der Waals surface area contributed by atoms with Crippen molar-refractivity contribution >= 4 is 11.9 Å². The van der Waals surface area contributed by atoms with Gasteiger partial charge in [-0.15, -0.1) is 0 Å².